The molecule has 0 atom stereocenters. The molecule has 0 spiro atoms. The summed E-state index contributed by atoms with van der Waals surface area (Å²) in [5.41, 5.74) is 1.52. The molecule has 0 amide bonds. The van der Waals surface area contributed by atoms with Crippen LogP contribution in [0, 0.1) is 0 Å². The molecule has 4 heteroatoms. The zero-order valence-electron chi connectivity index (χ0n) is 8.28. The summed E-state index contributed by atoms with van der Waals surface area (Å²) in [6.07, 6.45) is 0. The molecule has 3 nitrogen and oxygen atoms in total. The van der Waals surface area contributed by atoms with Gasteiger partial charge in [-0.25, -0.2) is 4.79 Å². The van der Waals surface area contributed by atoms with Gasteiger partial charge < -0.3 is 9.15 Å². The van der Waals surface area contributed by atoms with Gasteiger partial charge in [0, 0.05) is 6.07 Å². The van der Waals surface area contributed by atoms with Crippen molar-refractivity contribution in [3.63, 3.8) is 0 Å². The van der Waals surface area contributed by atoms with E-state index in [0.29, 0.717) is 17.9 Å². The van der Waals surface area contributed by atoms with Crippen LogP contribution in [-0.2, 0) is 0 Å². The van der Waals surface area contributed by atoms with Gasteiger partial charge in [0.1, 0.15) is 12.4 Å². The average Bonchev–Trinajstić information content (AvgIpc) is 2.53. The van der Waals surface area contributed by atoms with Crippen molar-refractivity contribution in [2.45, 2.75) is 6.92 Å². The van der Waals surface area contributed by atoms with Crippen molar-refractivity contribution in [2.75, 3.05) is 6.61 Å². The molecule has 0 unspecified atom stereocenters. The summed E-state index contributed by atoms with van der Waals surface area (Å²) in [5.74, 6) is 0.687. The summed E-state index contributed by atoms with van der Waals surface area (Å²) in [7, 11) is 0. The normalized spacial score (nSPS) is 10.5. The number of fused-ring (bicyclic) bond motifs is 1. The first-order chi connectivity index (χ1) is 7.15. The Bertz CT molecular complexity index is 550. The largest absolute Gasteiger partial charge is 0.489 e. The van der Waals surface area contributed by atoms with Crippen LogP contribution < -0.4 is 9.68 Å². The molecule has 0 fully saturated rings. The lowest BCUT2D eigenvalue weighted by Crippen LogP contribution is -1.96. The molecule has 0 radical (unpaired) electrons. The van der Waals surface area contributed by atoms with Crippen molar-refractivity contribution in [3.8, 4) is 5.75 Å². The molecule has 0 aliphatic carbocycles. The van der Waals surface area contributed by atoms with Crippen molar-refractivity contribution in [2.24, 2.45) is 0 Å². The van der Waals surface area contributed by atoms with Crippen molar-refractivity contribution >= 4 is 21.6 Å². The number of hydrogen-bond acceptors (Lipinski definition) is 4. The molecule has 2 aromatic rings. The molecule has 1 heterocycles. The Morgan fingerprint density at radius 1 is 1.60 bits per heavy atom. The van der Waals surface area contributed by atoms with E-state index >= 15 is 0 Å². The number of hydrogen-bond donors (Lipinski definition) is 0. The Balaban J connectivity index is 2.30. The Morgan fingerprint density at radius 3 is 3.13 bits per heavy atom. The molecule has 1 aromatic carbocycles. The van der Waals surface area contributed by atoms with Crippen LogP contribution in [0.25, 0.3) is 10.3 Å². The van der Waals surface area contributed by atoms with Gasteiger partial charge in [0.2, 0.25) is 0 Å². The lowest BCUT2D eigenvalue weighted by atomic mass is 10.3. The Hall–Kier alpha value is -1.55. The minimum absolute atomic E-state index is 0.290. The second kappa shape index (κ2) is 3.90. The molecule has 0 N–H and O–H groups in total. The molecular formula is C11H10O3S. The zero-order chi connectivity index (χ0) is 10.8. The van der Waals surface area contributed by atoms with Crippen LogP contribution in [0.2, 0.25) is 0 Å². The topological polar surface area (TPSA) is 39.4 Å². The molecular weight excluding hydrogens is 212 g/mol. The maximum Gasteiger partial charge on any atom is 0.396 e. The van der Waals surface area contributed by atoms with E-state index in [-0.39, 0.29) is 4.94 Å². The first-order valence-corrected chi connectivity index (χ1v) is 5.28. The second-order valence-electron chi connectivity index (χ2n) is 3.31. The lowest BCUT2D eigenvalue weighted by Gasteiger charge is -2.04. The van der Waals surface area contributed by atoms with E-state index in [9.17, 15) is 4.79 Å². The highest BCUT2D eigenvalue weighted by Crippen LogP contribution is 2.22. The summed E-state index contributed by atoms with van der Waals surface area (Å²) in [5, 5.41) is 0. The second-order valence-corrected chi connectivity index (χ2v) is 4.29. The molecule has 78 valence electrons. The monoisotopic (exact) mass is 222 g/mol. The molecule has 0 saturated heterocycles. The minimum Gasteiger partial charge on any atom is -0.489 e. The van der Waals surface area contributed by atoms with E-state index in [1.54, 1.807) is 6.07 Å². The van der Waals surface area contributed by atoms with E-state index in [1.807, 2.05) is 19.1 Å². The minimum atomic E-state index is -0.290. The molecule has 0 aliphatic heterocycles. The van der Waals surface area contributed by atoms with Crippen LogP contribution in [0.5, 0.6) is 5.75 Å². The zero-order valence-corrected chi connectivity index (χ0v) is 9.10. The van der Waals surface area contributed by atoms with Crippen molar-refractivity contribution in [3.05, 3.63) is 40.1 Å². The Kier molecular flexibility index (Phi) is 2.60. The van der Waals surface area contributed by atoms with E-state index in [1.165, 1.54) is 0 Å². The average molecular weight is 222 g/mol. The van der Waals surface area contributed by atoms with Gasteiger partial charge in [0.05, 0.1) is 4.70 Å². The van der Waals surface area contributed by atoms with Gasteiger partial charge in [0.25, 0.3) is 0 Å². The Morgan fingerprint density at radius 2 is 2.40 bits per heavy atom. The highest BCUT2D eigenvalue weighted by Gasteiger charge is 2.03. The van der Waals surface area contributed by atoms with Crippen LogP contribution in [0.1, 0.15) is 6.92 Å². The SMILES string of the molecule is C=C(C)COc1ccc2sc(=O)oc2c1. The highest BCUT2D eigenvalue weighted by atomic mass is 32.1. The first kappa shape index (κ1) is 9.98. The van der Waals surface area contributed by atoms with Gasteiger partial charge in [-0.1, -0.05) is 17.9 Å². The Labute approximate surface area is 90.6 Å². The predicted molar refractivity (Wildman–Crippen MR) is 60.7 cm³/mol. The standard InChI is InChI=1S/C11H10O3S/c1-7(2)6-13-8-3-4-10-9(5-8)14-11(12)15-10/h3-5H,1,6H2,2H3. The smallest absolute Gasteiger partial charge is 0.396 e. The van der Waals surface area contributed by atoms with Crippen LogP contribution >= 0.6 is 11.3 Å². The fraction of sp³-hybridized carbons (Fsp3) is 0.182. The quantitative estimate of drug-likeness (QED) is 0.749. The molecule has 15 heavy (non-hydrogen) atoms. The molecule has 2 rings (SSSR count). The van der Waals surface area contributed by atoms with Crippen molar-refractivity contribution in [1.82, 2.24) is 0 Å². The lowest BCUT2D eigenvalue weighted by molar-refractivity contribution is 0.352. The van der Waals surface area contributed by atoms with Gasteiger partial charge in [-0.15, -0.1) is 0 Å². The summed E-state index contributed by atoms with van der Waals surface area (Å²) >= 11 is 1.09. The summed E-state index contributed by atoms with van der Waals surface area (Å²) in [4.78, 5) is 10.7. The first-order valence-electron chi connectivity index (χ1n) is 4.46. The fourth-order valence-corrected chi connectivity index (χ4v) is 1.80. The van der Waals surface area contributed by atoms with E-state index in [0.717, 1.165) is 21.6 Å². The number of rotatable bonds is 3. The van der Waals surface area contributed by atoms with Crippen LogP contribution in [0.3, 0.4) is 0 Å². The van der Waals surface area contributed by atoms with Gasteiger partial charge >= 0.3 is 4.94 Å². The van der Waals surface area contributed by atoms with Crippen LogP contribution in [-0.4, -0.2) is 6.61 Å². The summed E-state index contributed by atoms with van der Waals surface area (Å²) < 4.78 is 11.2. The van der Waals surface area contributed by atoms with Gasteiger partial charge in [-0.2, -0.15) is 0 Å². The van der Waals surface area contributed by atoms with Gasteiger partial charge in [0.15, 0.2) is 5.58 Å². The maximum atomic E-state index is 11.0. The fourth-order valence-electron chi connectivity index (χ4n) is 1.15. The van der Waals surface area contributed by atoms with E-state index in [4.69, 9.17) is 9.15 Å². The highest BCUT2D eigenvalue weighted by molar-refractivity contribution is 7.16. The number of ether oxygens (including phenoxy) is 1. The van der Waals surface area contributed by atoms with E-state index in [2.05, 4.69) is 6.58 Å². The summed E-state index contributed by atoms with van der Waals surface area (Å²) in [6.45, 7) is 6.10. The molecule has 0 saturated carbocycles. The molecule has 0 bridgehead atoms. The van der Waals surface area contributed by atoms with Crippen molar-refractivity contribution < 1.29 is 9.15 Å². The van der Waals surface area contributed by atoms with Gasteiger partial charge in [-0.3, -0.25) is 0 Å². The molecule has 0 aliphatic rings. The third kappa shape index (κ3) is 2.27. The van der Waals surface area contributed by atoms with Gasteiger partial charge in [-0.05, 0) is 24.6 Å². The third-order valence-electron chi connectivity index (χ3n) is 1.79. The predicted octanol–water partition coefficient (Wildman–Crippen LogP) is 2.81. The van der Waals surface area contributed by atoms with E-state index < -0.39 is 0 Å². The molecule has 1 aromatic heterocycles. The van der Waals surface area contributed by atoms with Crippen molar-refractivity contribution in [1.29, 1.82) is 0 Å². The number of benzene rings is 1. The third-order valence-corrected chi connectivity index (χ3v) is 2.59. The summed E-state index contributed by atoms with van der Waals surface area (Å²) in [6, 6.07) is 5.35. The van der Waals surface area contributed by atoms with Crippen LogP contribution in [0.4, 0.5) is 0 Å². The maximum absolute atomic E-state index is 11.0. The van der Waals surface area contributed by atoms with Crippen LogP contribution in [0.15, 0.2) is 39.6 Å².